The number of anilines is 2. The molecule has 2 aromatic carbocycles. The summed E-state index contributed by atoms with van der Waals surface area (Å²) < 4.78 is 22.7. The standard InChI is InChI=1S/C30H32N4O5/c1-3-21-6-4-7-23(14-21)33-30-25-16-22(27(37-11-10-36-2)17-26(25)31-20-32-30)15-24(35)8-5-9-34-18-28-29(19-34)39-13-12-38-28/h1,4-8,14,16-17,20,28-29H,9-13,15,18-19H2,2H3,(H,31,32,33)/b8-5+/t28-,29+. The number of ether oxygens (including phenoxy) is 4. The molecule has 1 aromatic heterocycles. The minimum absolute atomic E-state index is 0.0249. The molecule has 9 nitrogen and oxygen atoms in total. The molecule has 0 amide bonds. The van der Waals surface area contributed by atoms with Gasteiger partial charge in [0.05, 0.1) is 37.5 Å². The molecule has 5 rings (SSSR count). The van der Waals surface area contributed by atoms with Gasteiger partial charge in [0.1, 0.15) is 24.5 Å². The number of ketones is 1. The smallest absolute Gasteiger partial charge is 0.159 e. The van der Waals surface area contributed by atoms with Crippen molar-refractivity contribution in [1.29, 1.82) is 0 Å². The van der Waals surface area contributed by atoms with Gasteiger partial charge in [-0.15, -0.1) is 6.42 Å². The Kier molecular flexibility index (Phi) is 8.81. The van der Waals surface area contributed by atoms with Crippen molar-refractivity contribution in [1.82, 2.24) is 14.9 Å². The summed E-state index contributed by atoms with van der Waals surface area (Å²) in [4.78, 5) is 24.1. The number of benzene rings is 2. The molecular weight excluding hydrogens is 496 g/mol. The lowest BCUT2D eigenvalue weighted by Crippen LogP contribution is -2.36. The first kappa shape index (κ1) is 26.8. The van der Waals surface area contributed by atoms with E-state index in [2.05, 4.69) is 26.1 Å². The second kappa shape index (κ2) is 12.8. The number of hydrogen-bond acceptors (Lipinski definition) is 9. The van der Waals surface area contributed by atoms with Crippen LogP contribution in [0.3, 0.4) is 0 Å². The van der Waals surface area contributed by atoms with Crippen molar-refractivity contribution in [3.63, 3.8) is 0 Å². The normalized spacial score (nSPS) is 19.2. The summed E-state index contributed by atoms with van der Waals surface area (Å²) in [6.07, 6.45) is 11.0. The molecule has 0 saturated carbocycles. The summed E-state index contributed by atoms with van der Waals surface area (Å²) in [5.74, 6) is 3.82. The van der Waals surface area contributed by atoms with Crippen LogP contribution in [0.25, 0.3) is 10.9 Å². The van der Waals surface area contributed by atoms with E-state index < -0.39 is 0 Å². The van der Waals surface area contributed by atoms with E-state index in [9.17, 15) is 4.79 Å². The molecule has 0 bridgehead atoms. The Morgan fingerprint density at radius 2 is 2.00 bits per heavy atom. The third kappa shape index (κ3) is 6.80. The molecule has 2 aliphatic heterocycles. The number of nitrogens with zero attached hydrogens (tertiary/aromatic N) is 3. The van der Waals surface area contributed by atoms with Crippen molar-refractivity contribution < 1.29 is 23.7 Å². The van der Waals surface area contributed by atoms with Crippen LogP contribution in [-0.2, 0) is 25.4 Å². The van der Waals surface area contributed by atoms with Crippen molar-refractivity contribution in [2.75, 3.05) is 58.5 Å². The van der Waals surface area contributed by atoms with Crippen molar-refractivity contribution in [2.45, 2.75) is 18.6 Å². The Bertz CT molecular complexity index is 1370. The number of carbonyl (C=O) groups excluding carboxylic acids is 1. The van der Waals surface area contributed by atoms with Crippen LogP contribution in [0.1, 0.15) is 11.1 Å². The second-order valence-electron chi connectivity index (χ2n) is 9.47. The summed E-state index contributed by atoms with van der Waals surface area (Å²) in [6, 6.07) is 11.3. The molecule has 3 aromatic rings. The molecule has 9 heteroatoms. The first-order chi connectivity index (χ1) is 19.1. The van der Waals surface area contributed by atoms with Crippen LogP contribution in [0.5, 0.6) is 5.75 Å². The van der Waals surface area contributed by atoms with Crippen LogP contribution >= 0.6 is 0 Å². The third-order valence-corrected chi connectivity index (χ3v) is 6.72. The van der Waals surface area contributed by atoms with E-state index in [1.807, 2.05) is 42.5 Å². The highest BCUT2D eigenvalue weighted by atomic mass is 16.6. The van der Waals surface area contributed by atoms with Crippen molar-refractivity contribution in [3.05, 3.63) is 66.0 Å². The number of likely N-dealkylation sites (tertiary alicyclic amines) is 1. The summed E-state index contributed by atoms with van der Waals surface area (Å²) in [7, 11) is 1.62. The number of terminal acetylenes is 1. The number of rotatable bonds is 11. The van der Waals surface area contributed by atoms with E-state index in [1.54, 1.807) is 13.2 Å². The maximum absolute atomic E-state index is 13.0. The summed E-state index contributed by atoms with van der Waals surface area (Å²) in [5, 5.41) is 4.10. The van der Waals surface area contributed by atoms with Gasteiger partial charge in [-0.25, -0.2) is 9.97 Å². The predicted molar refractivity (Wildman–Crippen MR) is 148 cm³/mol. The van der Waals surface area contributed by atoms with E-state index in [0.717, 1.165) is 35.3 Å². The zero-order chi connectivity index (χ0) is 27.0. The number of carbonyl (C=O) groups is 1. The average molecular weight is 529 g/mol. The molecule has 202 valence electrons. The lowest BCUT2D eigenvalue weighted by Gasteiger charge is -2.24. The number of nitrogens with one attached hydrogen (secondary N) is 1. The molecule has 0 spiro atoms. The van der Waals surface area contributed by atoms with Crippen LogP contribution in [0.2, 0.25) is 0 Å². The number of methoxy groups -OCH3 is 1. The van der Waals surface area contributed by atoms with Gasteiger partial charge in [0.25, 0.3) is 0 Å². The van der Waals surface area contributed by atoms with Crippen molar-refractivity contribution in [3.8, 4) is 18.1 Å². The van der Waals surface area contributed by atoms with E-state index in [4.69, 9.17) is 25.4 Å². The minimum atomic E-state index is -0.0249. The van der Waals surface area contributed by atoms with Crippen LogP contribution in [0, 0.1) is 12.3 Å². The molecule has 1 N–H and O–H groups in total. The van der Waals surface area contributed by atoms with Gasteiger partial charge in [0.15, 0.2) is 5.78 Å². The lowest BCUT2D eigenvalue weighted by molar-refractivity contribution is -0.116. The second-order valence-corrected chi connectivity index (χ2v) is 9.47. The van der Waals surface area contributed by atoms with Gasteiger partial charge in [0, 0.05) is 61.4 Å². The molecule has 0 aliphatic carbocycles. The molecule has 2 aliphatic rings. The van der Waals surface area contributed by atoms with Crippen LogP contribution in [0.15, 0.2) is 54.9 Å². The Hall–Kier alpha value is -3.81. The van der Waals surface area contributed by atoms with Crippen molar-refractivity contribution in [2.24, 2.45) is 0 Å². The number of aromatic nitrogens is 2. The van der Waals surface area contributed by atoms with Crippen molar-refractivity contribution >= 4 is 28.2 Å². The van der Waals surface area contributed by atoms with Crippen LogP contribution < -0.4 is 10.1 Å². The van der Waals surface area contributed by atoms with Crippen LogP contribution in [-0.4, -0.2) is 86.0 Å². The monoisotopic (exact) mass is 528 g/mol. The maximum atomic E-state index is 13.0. The molecule has 39 heavy (non-hydrogen) atoms. The van der Waals surface area contributed by atoms with Crippen LogP contribution in [0.4, 0.5) is 11.5 Å². The van der Waals surface area contributed by atoms with Gasteiger partial charge in [-0.3, -0.25) is 9.69 Å². The molecule has 3 heterocycles. The quantitative estimate of drug-likeness (QED) is 0.229. The topological polar surface area (TPSA) is 95.0 Å². The summed E-state index contributed by atoms with van der Waals surface area (Å²) in [6.45, 7) is 4.36. The molecule has 0 radical (unpaired) electrons. The van der Waals surface area contributed by atoms with E-state index in [1.165, 1.54) is 6.33 Å². The number of hydrogen-bond donors (Lipinski definition) is 1. The third-order valence-electron chi connectivity index (χ3n) is 6.72. The molecule has 2 saturated heterocycles. The minimum Gasteiger partial charge on any atom is -0.491 e. The Labute approximate surface area is 228 Å². The number of allylic oxidation sites excluding steroid dienone is 1. The van der Waals surface area contributed by atoms with Gasteiger partial charge in [-0.2, -0.15) is 0 Å². The fourth-order valence-corrected chi connectivity index (χ4v) is 4.83. The van der Waals surface area contributed by atoms with Gasteiger partial charge in [-0.1, -0.05) is 18.1 Å². The van der Waals surface area contributed by atoms with Gasteiger partial charge in [0.2, 0.25) is 0 Å². The molecule has 2 fully saturated rings. The fourth-order valence-electron chi connectivity index (χ4n) is 4.83. The predicted octanol–water partition coefficient (Wildman–Crippen LogP) is 3.15. The average Bonchev–Trinajstić information content (AvgIpc) is 3.37. The molecule has 0 unspecified atom stereocenters. The molecule has 2 atom stereocenters. The summed E-state index contributed by atoms with van der Waals surface area (Å²) in [5.41, 5.74) is 3.01. The zero-order valence-electron chi connectivity index (χ0n) is 22.0. The van der Waals surface area contributed by atoms with Gasteiger partial charge < -0.3 is 24.3 Å². The first-order valence-electron chi connectivity index (χ1n) is 13.0. The highest BCUT2D eigenvalue weighted by Gasteiger charge is 2.35. The first-order valence-corrected chi connectivity index (χ1v) is 13.0. The largest absolute Gasteiger partial charge is 0.491 e. The lowest BCUT2D eigenvalue weighted by atomic mass is 10.0. The highest BCUT2D eigenvalue weighted by Crippen LogP contribution is 2.31. The maximum Gasteiger partial charge on any atom is 0.159 e. The van der Waals surface area contributed by atoms with Gasteiger partial charge >= 0.3 is 0 Å². The van der Waals surface area contributed by atoms with E-state index >= 15 is 0 Å². The Morgan fingerprint density at radius 3 is 2.77 bits per heavy atom. The Morgan fingerprint density at radius 1 is 1.18 bits per heavy atom. The number of fused-ring (bicyclic) bond motifs is 2. The highest BCUT2D eigenvalue weighted by molar-refractivity contribution is 5.96. The summed E-state index contributed by atoms with van der Waals surface area (Å²) >= 11 is 0. The fraction of sp³-hybridized carbons (Fsp3) is 0.367. The van der Waals surface area contributed by atoms with E-state index in [0.29, 0.717) is 50.1 Å². The zero-order valence-corrected chi connectivity index (χ0v) is 22.0. The SMILES string of the molecule is C#Cc1cccc(Nc2ncnc3cc(OCCOC)c(CC(=O)/C=C/CN4C[C@@H]5OCCO[C@@H]5C4)cc23)c1. The van der Waals surface area contributed by atoms with E-state index in [-0.39, 0.29) is 24.4 Å². The Balaban J connectivity index is 1.33. The van der Waals surface area contributed by atoms with Gasteiger partial charge in [-0.05, 0) is 30.3 Å². The molecular formula is C30H32N4O5.